The molecule has 1 aromatic carbocycles. The van der Waals surface area contributed by atoms with Crippen molar-refractivity contribution in [2.45, 2.75) is 18.9 Å². The van der Waals surface area contributed by atoms with Gasteiger partial charge in [0.15, 0.2) is 0 Å². The lowest BCUT2D eigenvalue weighted by molar-refractivity contribution is 0.501. The highest BCUT2D eigenvalue weighted by molar-refractivity contribution is 6.32. The molecule has 0 radical (unpaired) electrons. The molecule has 1 aliphatic rings. The summed E-state index contributed by atoms with van der Waals surface area (Å²) < 4.78 is 0. The second kappa shape index (κ2) is 4.73. The molecular formula is C12H14ClN3. The first-order chi connectivity index (χ1) is 7.70. The van der Waals surface area contributed by atoms with Gasteiger partial charge >= 0.3 is 0 Å². The number of rotatable bonds is 1. The van der Waals surface area contributed by atoms with Gasteiger partial charge in [-0.3, -0.25) is 0 Å². The lowest BCUT2D eigenvalue weighted by Gasteiger charge is -2.32. The monoisotopic (exact) mass is 235 g/mol. The van der Waals surface area contributed by atoms with Gasteiger partial charge in [-0.15, -0.1) is 0 Å². The maximum Gasteiger partial charge on any atom is 0.101 e. The standard InChI is InChI=1S/C12H14ClN3/c13-12-7-11(2-1-9(12)8-14)16-5-3-10(15)4-6-16/h1-2,7,10H,3-6,15H2. The number of nitriles is 1. The number of piperidine rings is 1. The normalized spacial score (nSPS) is 17.2. The van der Waals surface area contributed by atoms with Crippen molar-refractivity contribution in [2.24, 2.45) is 5.73 Å². The first kappa shape index (κ1) is 11.3. The smallest absolute Gasteiger partial charge is 0.101 e. The summed E-state index contributed by atoms with van der Waals surface area (Å²) in [4.78, 5) is 2.26. The Kier molecular flexibility index (Phi) is 3.33. The summed E-state index contributed by atoms with van der Waals surface area (Å²) in [6.07, 6.45) is 2.02. The maximum atomic E-state index is 8.79. The quantitative estimate of drug-likeness (QED) is 0.812. The highest BCUT2D eigenvalue weighted by Gasteiger charge is 2.16. The maximum absolute atomic E-state index is 8.79. The van der Waals surface area contributed by atoms with Crippen molar-refractivity contribution in [3.63, 3.8) is 0 Å². The van der Waals surface area contributed by atoms with Crippen molar-refractivity contribution in [1.29, 1.82) is 5.26 Å². The summed E-state index contributed by atoms with van der Waals surface area (Å²) in [5.41, 5.74) is 7.46. The molecule has 0 amide bonds. The van der Waals surface area contributed by atoms with Gasteiger partial charge in [-0.05, 0) is 31.0 Å². The van der Waals surface area contributed by atoms with E-state index in [1.807, 2.05) is 12.1 Å². The fraction of sp³-hybridized carbons (Fsp3) is 0.417. The van der Waals surface area contributed by atoms with Crippen LogP contribution < -0.4 is 10.6 Å². The van der Waals surface area contributed by atoms with Crippen LogP contribution in [0.15, 0.2) is 18.2 Å². The van der Waals surface area contributed by atoms with E-state index >= 15 is 0 Å². The molecule has 16 heavy (non-hydrogen) atoms. The second-order valence-electron chi connectivity index (χ2n) is 4.10. The zero-order valence-electron chi connectivity index (χ0n) is 8.99. The molecule has 0 aliphatic carbocycles. The van der Waals surface area contributed by atoms with E-state index in [1.54, 1.807) is 6.07 Å². The summed E-state index contributed by atoms with van der Waals surface area (Å²) in [6.45, 7) is 1.92. The van der Waals surface area contributed by atoms with Crippen LogP contribution in [0.2, 0.25) is 5.02 Å². The minimum atomic E-state index is 0.324. The molecule has 1 aliphatic heterocycles. The predicted molar refractivity (Wildman–Crippen MR) is 65.6 cm³/mol. The summed E-state index contributed by atoms with van der Waals surface area (Å²) in [5.74, 6) is 0. The molecule has 2 rings (SSSR count). The molecule has 0 saturated carbocycles. The van der Waals surface area contributed by atoms with E-state index in [0.717, 1.165) is 31.6 Å². The molecule has 0 bridgehead atoms. The Morgan fingerprint density at radius 3 is 2.62 bits per heavy atom. The predicted octanol–water partition coefficient (Wildman–Crippen LogP) is 2.14. The Labute approximate surface area is 100 Å². The van der Waals surface area contributed by atoms with Gasteiger partial charge in [-0.25, -0.2) is 0 Å². The lowest BCUT2D eigenvalue weighted by Crippen LogP contribution is -2.39. The van der Waals surface area contributed by atoms with Gasteiger partial charge in [0, 0.05) is 24.8 Å². The van der Waals surface area contributed by atoms with Crippen LogP contribution in [-0.4, -0.2) is 19.1 Å². The Balaban J connectivity index is 2.16. The van der Waals surface area contributed by atoms with Crippen LogP contribution in [0.1, 0.15) is 18.4 Å². The zero-order valence-corrected chi connectivity index (χ0v) is 9.74. The first-order valence-corrected chi connectivity index (χ1v) is 5.78. The van der Waals surface area contributed by atoms with E-state index in [2.05, 4.69) is 11.0 Å². The molecule has 1 fully saturated rings. The minimum absolute atomic E-state index is 0.324. The average molecular weight is 236 g/mol. The first-order valence-electron chi connectivity index (χ1n) is 5.41. The van der Waals surface area contributed by atoms with Crippen LogP contribution in [0.4, 0.5) is 5.69 Å². The number of nitrogens with two attached hydrogens (primary N) is 1. The van der Waals surface area contributed by atoms with Gasteiger partial charge in [-0.2, -0.15) is 5.26 Å². The molecule has 0 atom stereocenters. The van der Waals surface area contributed by atoms with Crippen molar-refractivity contribution in [2.75, 3.05) is 18.0 Å². The Bertz CT molecular complexity index is 417. The van der Waals surface area contributed by atoms with E-state index in [-0.39, 0.29) is 0 Å². The third-order valence-corrected chi connectivity index (χ3v) is 3.29. The summed E-state index contributed by atoms with van der Waals surface area (Å²) in [6, 6.07) is 7.96. The molecule has 84 valence electrons. The molecule has 1 heterocycles. The Hall–Kier alpha value is -1.24. The third kappa shape index (κ3) is 2.29. The Morgan fingerprint density at radius 2 is 2.06 bits per heavy atom. The van der Waals surface area contributed by atoms with Gasteiger partial charge in [-0.1, -0.05) is 11.6 Å². The van der Waals surface area contributed by atoms with Crippen molar-refractivity contribution < 1.29 is 0 Å². The molecule has 0 unspecified atom stereocenters. The van der Waals surface area contributed by atoms with Crippen LogP contribution >= 0.6 is 11.6 Å². The van der Waals surface area contributed by atoms with Crippen LogP contribution in [-0.2, 0) is 0 Å². The number of hydrogen-bond acceptors (Lipinski definition) is 3. The van der Waals surface area contributed by atoms with Crippen LogP contribution in [0, 0.1) is 11.3 Å². The van der Waals surface area contributed by atoms with Gasteiger partial charge in [0.2, 0.25) is 0 Å². The number of hydrogen-bond donors (Lipinski definition) is 1. The molecule has 0 aromatic heterocycles. The Morgan fingerprint density at radius 1 is 1.38 bits per heavy atom. The zero-order chi connectivity index (χ0) is 11.5. The van der Waals surface area contributed by atoms with Gasteiger partial charge in [0.25, 0.3) is 0 Å². The SMILES string of the molecule is N#Cc1ccc(N2CCC(N)CC2)cc1Cl. The molecule has 1 saturated heterocycles. The molecule has 2 N–H and O–H groups in total. The summed E-state index contributed by atoms with van der Waals surface area (Å²) in [7, 11) is 0. The van der Waals surface area contributed by atoms with Crippen LogP contribution in [0.5, 0.6) is 0 Å². The van der Waals surface area contributed by atoms with Crippen molar-refractivity contribution >= 4 is 17.3 Å². The van der Waals surface area contributed by atoms with Gasteiger partial charge in [0.05, 0.1) is 10.6 Å². The molecule has 0 spiro atoms. The largest absolute Gasteiger partial charge is 0.371 e. The van der Waals surface area contributed by atoms with Crippen LogP contribution in [0.25, 0.3) is 0 Å². The van der Waals surface area contributed by atoms with Gasteiger partial charge < -0.3 is 10.6 Å². The second-order valence-corrected chi connectivity index (χ2v) is 4.51. The number of anilines is 1. The highest BCUT2D eigenvalue weighted by atomic mass is 35.5. The fourth-order valence-corrected chi connectivity index (χ4v) is 2.17. The van der Waals surface area contributed by atoms with E-state index in [0.29, 0.717) is 16.6 Å². The van der Waals surface area contributed by atoms with Gasteiger partial charge in [0.1, 0.15) is 6.07 Å². The summed E-state index contributed by atoms with van der Waals surface area (Å²) >= 11 is 6.00. The number of halogens is 1. The minimum Gasteiger partial charge on any atom is -0.371 e. The topological polar surface area (TPSA) is 53.0 Å². The molecular weight excluding hydrogens is 222 g/mol. The molecule has 4 heteroatoms. The number of benzene rings is 1. The lowest BCUT2D eigenvalue weighted by atomic mass is 10.1. The van der Waals surface area contributed by atoms with Crippen molar-refractivity contribution in [1.82, 2.24) is 0 Å². The average Bonchev–Trinajstić information content (AvgIpc) is 2.30. The van der Waals surface area contributed by atoms with E-state index in [9.17, 15) is 0 Å². The fourth-order valence-electron chi connectivity index (χ4n) is 1.95. The van der Waals surface area contributed by atoms with Crippen molar-refractivity contribution in [3.8, 4) is 6.07 Å². The van der Waals surface area contributed by atoms with Crippen LogP contribution in [0.3, 0.4) is 0 Å². The third-order valence-electron chi connectivity index (χ3n) is 2.98. The summed E-state index contributed by atoms with van der Waals surface area (Å²) in [5, 5.41) is 9.31. The van der Waals surface area contributed by atoms with E-state index in [1.165, 1.54) is 0 Å². The van der Waals surface area contributed by atoms with E-state index < -0.39 is 0 Å². The number of nitrogens with zero attached hydrogens (tertiary/aromatic N) is 2. The highest BCUT2D eigenvalue weighted by Crippen LogP contribution is 2.25. The molecule has 1 aromatic rings. The van der Waals surface area contributed by atoms with Crippen molar-refractivity contribution in [3.05, 3.63) is 28.8 Å². The van der Waals surface area contributed by atoms with E-state index in [4.69, 9.17) is 22.6 Å². The molecule has 3 nitrogen and oxygen atoms in total.